The lowest BCUT2D eigenvalue weighted by molar-refractivity contribution is -0.135. The predicted octanol–water partition coefficient (Wildman–Crippen LogP) is 4.53. The van der Waals surface area contributed by atoms with Crippen LogP contribution in [0.15, 0.2) is 41.3 Å². The van der Waals surface area contributed by atoms with Crippen molar-refractivity contribution in [3.05, 3.63) is 63.0 Å². The van der Waals surface area contributed by atoms with E-state index in [1.807, 2.05) is 6.92 Å². The standard InChI is InChI=1S/C25H23ClN2O6S/c1-15-5-7-17(8-6-15)24(31)34-22-18(26)11-16(12-19(22)33-2)13-20-23(30)28(25(32)35-20)14-21(29)27-9-3-4-10-27/h5-8,11-13H,3-4,9-10,14H2,1-2H3/b20-13-. The highest BCUT2D eigenvalue weighted by molar-refractivity contribution is 8.18. The van der Waals surface area contributed by atoms with E-state index in [0.29, 0.717) is 24.2 Å². The summed E-state index contributed by atoms with van der Waals surface area (Å²) < 4.78 is 10.8. The molecule has 4 rings (SSSR count). The molecule has 0 radical (unpaired) electrons. The van der Waals surface area contributed by atoms with E-state index >= 15 is 0 Å². The van der Waals surface area contributed by atoms with Crippen molar-refractivity contribution < 1.29 is 28.7 Å². The van der Waals surface area contributed by atoms with Gasteiger partial charge in [-0.25, -0.2) is 4.79 Å². The highest BCUT2D eigenvalue weighted by atomic mass is 35.5. The minimum atomic E-state index is -0.596. The van der Waals surface area contributed by atoms with Gasteiger partial charge in [-0.15, -0.1) is 0 Å². The van der Waals surface area contributed by atoms with Crippen molar-refractivity contribution in [1.82, 2.24) is 9.80 Å². The van der Waals surface area contributed by atoms with Gasteiger partial charge in [-0.05, 0) is 67.4 Å². The number of imide groups is 1. The Morgan fingerprint density at radius 1 is 1.11 bits per heavy atom. The first-order chi connectivity index (χ1) is 16.8. The van der Waals surface area contributed by atoms with Gasteiger partial charge in [0, 0.05) is 13.1 Å². The van der Waals surface area contributed by atoms with Gasteiger partial charge in [0.2, 0.25) is 5.91 Å². The largest absolute Gasteiger partial charge is 0.493 e. The van der Waals surface area contributed by atoms with E-state index in [-0.39, 0.29) is 33.9 Å². The van der Waals surface area contributed by atoms with Gasteiger partial charge in [0.25, 0.3) is 11.1 Å². The summed E-state index contributed by atoms with van der Waals surface area (Å²) in [5, 5.41) is -0.407. The number of benzene rings is 2. The summed E-state index contributed by atoms with van der Waals surface area (Å²) >= 11 is 7.14. The molecule has 0 aliphatic carbocycles. The second-order valence-corrected chi connectivity index (χ2v) is 9.55. The van der Waals surface area contributed by atoms with Crippen LogP contribution in [0.4, 0.5) is 4.79 Å². The normalized spacial score (nSPS) is 16.8. The highest BCUT2D eigenvalue weighted by Crippen LogP contribution is 2.39. The van der Waals surface area contributed by atoms with Crippen molar-refractivity contribution in [2.24, 2.45) is 0 Å². The molecule has 0 spiro atoms. The Bertz CT molecular complexity index is 1220. The fourth-order valence-corrected chi connectivity index (χ4v) is 4.85. The first kappa shape index (κ1) is 24.8. The molecule has 10 heteroatoms. The molecule has 0 N–H and O–H groups in total. The quantitative estimate of drug-likeness (QED) is 0.317. The van der Waals surface area contributed by atoms with Crippen LogP contribution in [0.3, 0.4) is 0 Å². The summed E-state index contributed by atoms with van der Waals surface area (Å²) in [7, 11) is 1.40. The maximum atomic E-state index is 12.8. The summed E-state index contributed by atoms with van der Waals surface area (Å²) in [5.41, 5.74) is 1.83. The zero-order valence-electron chi connectivity index (χ0n) is 19.2. The molecule has 2 aromatic carbocycles. The first-order valence-electron chi connectivity index (χ1n) is 11.0. The summed E-state index contributed by atoms with van der Waals surface area (Å²) in [6, 6.07) is 9.95. The van der Waals surface area contributed by atoms with Gasteiger partial charge in [0.15, 0.2) is 11.5 Å². The molecule has 2 heterocycles. The third-order valence-electron chi connectivity index (χ3n) is 5.66. The van der Waals surface area contributed by atoms with Gasteiger partial charge in [-0.3, -0.25) is 19.3 Å². The van der Waals surface area contributed by atoms with Crippen molar-refractivity contribution in [3.63, 3.8) is 0 Å². The minimum Gasteiger partial charge on any atom is -0.493 e. The highest BCUT2D eigenvalue weighted by Gasteiger charge is 2.37. The predicted molar refractivity (Wildman–Crippen MR) is 133 cm³/mol. The third kappa shape index (κ3) is 5.52. The van der Waals surface area contributed by atoms with Crippen LogP contribution in [0.2, 0.25) is 5.02 Å². The Morgan fingerprint density at radius 2 is 1.80 bits per heavy atom. The monoisotopic (exact) mass is 514 g/mol. The van der Waals surface area contributed by atoms with Gasteiger partial charge in [0.05, 0.1) is 22.6 Å². The summed E-state index contributed by atoms with van der Waals surface area (Å²) in [4.78, 5) is 52.9. The van der Waals surface area contributed by atoms with Crippen LogP contribution < -0.4 is 9.47 Å². The van der Waals surface area contributed by atoms with E-state index in [0.717, 1.165) is 35.1 Å². The minimum absolute atomic E-state index is 0.0428. The Kier molecular flexibility index (Phi) is 7.47. The van der Waals surface area contributed by atoms with E-state index in [9.17, 15) is 19.2 Å². The SMILES string of the molecule is COc1cc(/C=C2\SC(=O)N(CC(=O)N3CCCC3)C2=O)cc(Cl)c1OC(=O)c1ccc(C)cc1. The van der Waals surface area contributed by atoms with E-state index in [1.54, 1.807) is 35.2 Å². The third-order valence-corrected chi connectivity index (χ3v) is 6.85. The number of hydrogen-bond acceptors (Lipinski definition) is 7. The fraction of sp³-hybridized carbons (Fsp3) is 0.280. The second kappa shape index (κ2) is 10.5. The molecule has 2 fully saturated rings. The van der Waals surface area contributed by atoms with Crippen LogP contribution in [-0.4, -0.2) is 59.6 Å². The topological polar surface area (TPSA) is 93.2 Å². The smallest absolute Gasteiger partial charge is 0.343 e. The number of likely N-dealkylation sites (tertiary alicyclic amines) is 1. The maximum Gasteiger partial charge on any atom is 0.343 e. The van der Waals surface area contributed by atoms with E-state index in [1.165, 1.54) is 19.3 Å². The van der Waals surface area contributed by atoms with Crippen LogP contribution in [0.5, 0.6) is 11.5 Å². The van der Waals surface area contributed by atoms with E-state index < -0.39 is 17.1 Å². The lowest BCUT2D eigenvalue weighted by Crippen LogP contribution is -2.40. The van der Waals surface area contributed by atoms with Crippen molar-refractivity contribution in [1.29, 1.82) is 0 Å². The molecule has 0 saturated carbocycles. The van der Waals surface area contributed by atoms with Crippen LogP contribution in [-0.2, 0) is 9.59 Å². The van der Waals surface area contributed by atoms with Gasteiger partial charge in [0.1, 0.15) is 6.54 Å². The molecule has 0 bridgehead atoms. The molecular weight excluding hydrogens is 492 g/mol. The number of halogens is 1. The number of ether oxygens (including phenoxy) is 2. The van der Waals surface area contributed by atoms with Crippen LogP contribution >= 0.6 is 23.4 Å². The molecular formula is C25H23ClN2O6S. The lowest BCUT2D eigenvalue weighted by Gasteiger charge is -2.18. The maximum absolute atomic E-state index is 12.8. The zero-order chi connectivity index (χ0) is 25.1. The number of nitrogens with zero attached hydrogens (tertiary/aromatic N) is 2. The molecule has 0 atom stereocenters. The Hall–Kier alpha value is -3.30. The number of methoxy groups -OCH3 is 1. The fourth-order valence-electron chi connectivity index (χ4n) is 3.75. The number of thioether (sulfide) groups is 1. The van der Waals surface area contributed by atoms with E-state index in [4.69, 9.17) is 21.1 Å². The number of carbonyl (C=O) groups is 4. The molecule has 0 aromatic heterocycles. The average molecular weight is 515 g/mol. The van der Waals surface area contributed by atoms with Crippen molar-refractivity contribution in [3.8, 4) is 11.5 Å². The summed E-state index contributed by atoms with van der Waals surface area (Å²) in [6.07, 6.45) is 3.34. The summed E-state index contributed by atoms with van der Waals surface area (Å²) in [6.45, 7) is 2.92. The molecule has 2 aliphatic rings. The summed E-state index contributed by atoms with van der Waals surface area (Å²) in [5.74, 6) is -1.15. The Balaban J connectivity index is 1.52. The second-order valence-electron chi connectivity index (χ2n) is 8.15. The van der Waals surface area contributed by atoms with Gasteiger partial charge >= 0.3 is 5.97 Å². The van der Waals surface area contributed by atoms with Crippen LogP contribution in [0.25, 0.3) is 6.08 Å². The average Bonchev–Trinajstić information content (AvgIpc) is 3.46. The number of rotatable bonds is 6. The number of amides is 3. The van der Waals surface area contributed by atoms with Crippen molar-refractivity contribution >= 4 is 52.5 Å². The molecule has 8 nitrogen and oxygen atoms in total. The van der Waals surface area contributed by atoms with E-state index in [2.05, 4.69) is 0 Å². The van der Waals surface area contributed by atoms with Gasteiger partial charge < -0.3 is 14.4 Å². The Morgan fingerprint density at radius 3 is 2.46 bits per heavy atom. The number of carbonyl (C=O) groups excluding carboxylic acids is 4. The van der Waals surface area contributed by atoms with Crippen LogP contribution in [0, 0.1) is 6.92 Å². The first-order valence-corrected chi connectivity index (χ1v) is 12.2. The van der Waals surface area contributed by atoms with Crippen LogP contribution in [0.1, 0.15) is 34.3 Å². The molecule has 35 heavy (non-hydrogen) atoms. The lowest BCUT2D eigenvalue weighted by atomic mass is 10.1. The molecule has 2 aromatic rings. The van der Waals surface area contributed by atoms with Crippen molar-refractivity contribution in [2.75, 3.05) is 26.7 Å². The molecule has 2 aliphatic heterocycles. The number of hydrogen-bond donors (Lipinski definition) is 0. The molecule has 2 saturated heterocycles. The van der Waals surface area contributed by atoms with Gasteiger partial charge in [-0.1, -0.05) is 29.3 Å². The number of aryl methyl sites for hydroxylation is 1. The van der Waals surface area contributed by atoms with Crippen molar-refractivity contribution in [2.45, 2.75) is 19.8 Å². The molecule has 182 valence electrons. The van der Waals surface area contributed by atoms with Gasteiger partial charge in [-0.2, -0.15) is 0 Å². The zero-order valence-corrected chi connectivity index (χ0v) is 20.8. The molecule has 0 unspecified atom stereocenters. The Labute approximate surface area is 211 Å². The number of esters is 1. The molecule has 3 amide bonds.